The molecule has 2 rings (SSSR count). The first-order chi connectivity index (χ1) is 8.56. The van der Waals surface area contributed by atoms with Crippen LogP contribution in [0.25, 0.3) is 0 Å². The van der Waals surface area contributed by atoms with Crippen LogP contribution in [-0.2, 0) is 16.6 Å². The topological polar surface area (TPSA) is 102 Å². The lowest BCUT2D eigenvalue weighted by molar-refractivity contribution is 0.270. The minimum Gasteiger partial charge on any atom is -0.339 e. The molecule has 0 aromatic carbocycles. The van der Waals surface area contributed by atoms with Crippen molar-refractivity contribution in [1.29, 1.82) is 0 Å². The van der Waals surface area contributed by atoms with Gasteiger partial charge in [0.15, 0.2) is 5.82 Å². The Kier molecular flexibility index (Phi) is 3.98. The van der Waals surface area contributed by atoms with Gasteiger partial charge in [-0.1, -0.05) is 5.16 Å². The molecule has 0 amide bonds. The van der Waals surface area contributed by atoms with Crippen molar-refractivity contribution in [1.82, 2.24) is 14.4 Å². The first-order valence-corrected chi connectivity index (χ1v) is 7.68. The van der Waals surface area contributed by atoms with E-state index in [-0.39, 0.29) is 18.2 Å². The second-order valence-electron chi connectivity index (χ2n) is 4.33. The number of hydrogen-bond donors (Lipinski definition) is 1. The third kappa shape index (κ3) is 2.70. The maximum absolute atomic E-state index is 11.7. The van der Waals surface area contributed by atoms with Gasteiger partial charge in [0.05, 0.1) is 12.3 Å². The van der Waals surface area contributed by atoms with Crippen LogP contribution >= 0.6 is 0 Å². The molecular weight excluding hydrogens is 256 g/mol. The summed E-state index contributed by atoms with van der Waals surface area (Å²) in [6.07, 6.45) is 1.43. The zero-order valence-electron chi connectivity index (χ0n) is 10.4. The molecule has 0 bridgehead atoms. The monoisotopic (exact) mass is 274 g/mol. The Morgan fingerprint density at radius 2 is 2.11 bits per heavy atom. The summed E-state index contributed by atoms with van der Waals surface area (Å²) in [6, 6.07) is 0. The van der Waals surface area contributed by atoms with Crippen LogP contribution in [0.1, 0.15) is 37.4 Å². The van der Waals surface area contributed by atoms with Gasteiger partial charge in [0.2, 0.25) is 15.9 Å². The predicted octanol–water partition coefficient (Wildman–Crippen LogP) is 0.0574. The van der Waals surface area contributed by atoms with Crippen molar-refractivity contribution in [3.05, 3.63) is 11.7 Å². The lowest BCUT2D eigenvalue weighted by Gasteiger charge is -2.29. The molecule has 8 heteroatoms. The second-order valence-corrected chi connectivity index (χ2v) is 6.58. The standard InChI is InChI=1S/C10H18N4O3S/c1-2-18(15,16)14-5-3-8(4-6-14)10-12-9(7-11)13-17-10/h8H,2-7,11H2,1H3. The molecule has 1 aromatic rings. The van der Waals surface area contributed by atoms with Crippen LogP contribution in [0.15, 0.2) is 4.52 Å². The number of nitrogens with two attached hydrogens (primary N) is 1. The zero-order chi connectivity index (χ0) is 13.2. The number of piperidine rings is 1. The van der Waals surface area contributed by atoms with Crippen LogP contribution in [0.3, 0.4) is 0 Å². The smallest absolute Gasteiger partial charge is 0.229 e. The largest absolute Gasteiger partial charge is 0.339 e. The highest BCUT2D eigenvalue weighted by Crippen LogP contribution is 2.27. The molecule has 18 heavy (non-hydrogen) atoms. The van der Waals surface area contributed by atoms with Crippen molar-refractivity contribution in [2.75, 3.05) is 18.8 Å². The molecule has 1 aromatic heterocycles. The van der Waals surface area contributed by atoms with Crippen LogP contribution in [0.4, 0.5) is 0 Å². The lowest BCUT2D eigenvalue weighted by Crippen LogP contribution is -2.38. The predicted molar refractivity (Wildman–Crippen MR) is 65.2 cm³/mol. The Hall–Kier alpha value is -0.990. The van der Waals surface area contributed by atoms with Gasteiger partial charge in [0.1, 0.15) is 0 Å². The zero-order valence-corrected chi connectivity index (χ0v) is 11.2. The summed E-state index contributed by atoms with van der Waals surface area (Å²) in [4.78, 5) is 4.19. The number of hydrogen-bond acceptors (Lipinski definition) is 6. The average molecular weight is 274 g/mol. The minimum absolute atomic E-state index is 0.140. The normalized spacial score (nSPS) is 19.2. The van der Waals surface area contributed by atoms with Crippen molar-refractivity contribution >= 4 is 10.0 Å². The Balaban J connectivity index is 1.98. The van der Waals surface area contributed by atoms with Gasteiger partial charge in [0, 0.05) is 19.0 Å². The van der Waals surface area contributed by atoms with E-state index in [2.05, 4.69) is 10.1 Å². The molecule has 0 unspecified atom stereocenters. The molecule has 1 saturated heterocycles. The van der Waals surface area contributed by atoms with Gasteiger partial charge in [-0.3, -0.25) is 0 Å². The first kappa shape index (κ1) is 13.4. The molecule has 102 valence electrons. The van der Waals surface area contributed by atoms with E-state index in [0.717, 1.165) is 0 Å². The molecule has 0 spiro atoms. The van der Waals surface area contributed by atoms with Gasteiger partial charge < -0.3 is 10.3 Å². The molecular formula is C10H18N4O3S. The number of aromatic nitrogens is 2. The van der Waals surface area contributed by atoms with Crippen molar-refractivity contribution in [2.45, 2.75) is 32.2 Å². The number of nitrogens with zero attached hydrogens (tertiary/aromatic N) is 3. The van der Waals surface area contributed by atoms with E-state index < -0.39 is 10.0 Å². The summed E-state index contributed by atoms with van der Waals surface area (Å²) in [5.41, 5.74) is 5.42. The van der Waals surface area contributed by atoms with Crippen molar-refractivity contribution in [2.24, 2.45) is 5.73 Å². The SMILES string of the molecule is CCS(=O)(=O)N1CCC(c2nc(CN)no2)CC1. The van der Waals surface area contributed by atoms with E-state index in [1.165, 1.54) is 4.31 Å². The number of rotatable bonds is 4. The van der Waals surface area contributed by atoms with Crippen molar-refractivity contribution in [3.8, 4) is 0 Å². The summed E-state index contributed by atoms with van der Waals surface area (Å²) in [5, 5.41) is 3.75. The Morgan fingerprint density at radius 3 is 2.61 bits per heavy atom. The van der Waals surface area contributed by atoms with Crippen LogP contribution in [0.2, 0.25) is 0 Å². The van der Waals surface area contributed by atoms with Gasteiger partial charge in [-0.05, 0) is 19.8 Å². The summed E-state index contributed by atoms with van der Waals surface area (Å²) >= 11 is 0. The van der Waals surface area contributed by atoms with E-state index in [1.54, 1.807) is 6.92 Å². The van der Waals surface area contributed by atoms with Crippen molar-refractivity contribution in [3.63, 3.8) is 0 Å². The maximum Gasteiger partial charge on any atom is 0.229 e. The summed E-state index contributed by atoms with van der Waals surface area (Å²) in [6.45, 7) is 2.95. The molecule has 2 heterocycles. The highest BCUT2D eigenvalue weighted by molar-refractivity contribution is 7.89. The Bertz CT molecular complexity index is 491. The first-order valence-electron chi connectivity index (χ1n) is 6.07. The van der Waals surface area contributed by atoms with Gasteiger partial charge in [-0.2, -0.15) is 4.98 Å². The highest BCUT2D eigenvalue weighted by Gasteiger charge is 2.29. The third-order valence-corrected chi connectivity index (χ3v) is 5.11. The fourth-order valence-corrected chi connectivity index (χ4v) is 3.21. The molecule has 0 atom stereocenters. The van der Waals surface area contributed by atoms with Crippen molar-refractivity contribution < 1.29 is 12.9 Å². The van der Waals surface area contributed by atoms with Gasteiger partial charge in [-0.25, -0.2) is 12.7 Å². The Morgan fingerprint density at radius 1 is 1.44 bits per heavy atom. The molecule has 1 aliphatic heterocycles. The average Bonchev–Trinajstić information content (AvgIpc) is 2.87. The molecule has 0 saturated carbocycles. The summed E-state index contributed by atoms with van der Waals surface area (Å²) in [7, 11) is -3.08. The van der Waals surface area contributed by atoms with Crippen LogP contribution in [-0.4, -0.2) is 41.7 Å². The summed E-state index contributed by atoms with van der Waals surface area (Å²) in [5.74, 6) is 1.36. The highest BCUT2D eigenvalue weighted by atomic mass is 32.2. The molecule has 2 N–H and O–H groups in total. The fraction of sp³-hybridized carbons (Fsp3) is 0.800. The summed E-state index contributed by atoms with van der Waals surface area (Å²) < 4.78 is 30.1. The van der Waals surface area contributed by atoms with Crippen LogP contribution < -0.4 is 5.73 Å². The molecule has 0 aliphatic carbocycles. The fourth-order valence-electron chi connectivity index (χ4n) is 2.08. The Labute approximate surface area is 106 Å². The minimum atomic E-state index is -3.08. The molecule has 1 aliphatic rings. The van der Waals surface area contributed by atoms with E-state index in [1.807, 2.05) is 0 Å². The quantitative estimate of drug-likeness (QED) is 0.832. The lowest BCUT2D eigenvalue weighted by atomic mass is 9.98. The second kappa shape index (κ2) is 5.33. The third-order valence-electron chi connectivity index (χ3n) is 3.23. The molecule has 0 radical (unpaired) electrons. The van der Waals surface area contributed by atoms with Crippen LogP contribution in [0, 0.1) is 0 Å². The van der Waals surface area contributed by atoms with E-state index in [0.29, 0.717) is 37.6 Å². The van der Waals surface area contributed by atoms with E-state index >= 15 is 0 Å². The van der Waals surface area contributed by atoms with E-state index in [9.17, 15) is 8.42 Å². The van der Waals surface area contributed by atoms with E-state index in [4.69, 9.17) is 10.3 Å². The molecule has 7 nitrogen and oxygen atoms in total. The van der Waals surface area contributed by atoms with Crippen LogP contribution in [0.5, 0.6) is 0 Å². The molecule has 1 fully saturated rings. The van der Waals surface area contributed by atoms with Gasteiger partial charge in [-0.15, -0.1) is 0 Å². The maximum atomic E-state index is 11.7. The number of sulfonamides is 1. The van der Waals surface area contributed by atoms with Gasteiger partial charge >= 0.3 is 0 Å². The van der Waals surface area contributed by atoms with Gasteiger partial charge in [0.25, 0.3) is 0 Å².